The van der Waals surface area contributed by atoms with E-state index in [-0.39, 0.29) is 5.69 Å². The van der Waals surface area contributed by atoms with Crippen molar-refractivity contribution >= 4 is 29.1 Å². The first-order chi connectivity index (χ1) is 10.1. The maximum atomic E-state index is 10.7. The zero-order valence-electron chi connectivity index (χ0n) is 11.5. The highest BCUT2D eigenvalue weighted by atomic mass is 35.5. The minimum absolute atomic E-state index is 0.0892. The molecule has 0 atom stereocenters. The van der Waals surface area contributed by atoms with Gasteiger partial charge in [0.15, 0.2) is 0 Å². The van der Waals surface area contributed by atoms with Gasteiger partial charge in [-0.2, -0.15) is 0 Å². The lowest BCUT2D eigenvalue weighted by atomic mass is 10.2. The number of nitro groups is 1. The predicted molar refractivity (Wildman–Crippen MR) is 86.1 cm³/mol. The van der Waals surface area contributed by atoms with Gasteiger partial charge in [-0.1, -0.05) is 42.4 Å². The van der Waals surface area contributed by atoms with Crippen LogP contribution in [0.4, 0.5) is 5.69 Å². The van der Waals surface area contributed by atoms with E-state index in [0.717, 1.165) is 28.4 Å². The quantitative estimate of drug-likeness (QED) is 0.628. The number of nitrogens with zero attached hydrogens (tertiary/aromatic N) is 1. The van der Waals surface area contributed by atoms with Gasteiger partial charge in [-0.05, 0) is 30.3 Å². The van der Waals surface area contributed by atoms with Crippen LogP contribution in [0.15, 0.2) is 52.3 Å². The Balaban J connectivity index is 2.23. The van der Waals surface area contributed by atoms with Gasteiger partial charge >= 0.3 is 0 Å². The number of nitro benzene ring substituents is 1. The van der Waals surface area contributed by atoms with Crippen LogP contribution < -0.4 is 5.32 Å². The molecule has 110 valence electrons. The van der Waals surface area contributed by atoms with Gasteiger partial charge in [-0.3, -0.25) is 10.1 Å². The summed E-state index contributed by atoms with van der Waals surface area (Å²) in [6.45, 7) is 3.67. The molecule has 0 spiro atoms. The molecule has 21 heavy (non-hydrogen) atoms. The van der Waals surface area contributed by atoms with E-state index in [1.54, 1.807) is 12.1 Å². The zero-order chi connectivity index (χ0) is 15.2. The third-order valence-corrected chi connectivity index (χ3v) is 4.50. The van der Waals surface area contributed by atoms with Crippen LogP contribution in [0.3, 0.4) is 0 Å². The van der Waals surface area contributed by atoms with Crippen molar-refractivity contribution in [2.75, 3.05) is 6.54 Å². The van der Waals surface area contributed by atoms with Crippen molar-refractivity contribution in [2.45, 2.75) is 23.3 Å². The minimum atomic E-state index is -0.402. The predicted octanol–water partition coefficient (Wildman–Crippen LogP) is 4.51. The van der Waals surface area contributed by atoms with Gasteiger partial charge in [-0.25, -0.2) is 0 Å². The Morgan fingerprint density at radius 1 is 1.24 bits per heavy atom. The third-order valence-electron chi connectivity index (χ3n) is 2.88. The molecule has 0 fully saturated rings. The molecule has 0 heterocycles. The minimum Gasteiger partial charge on any atom is -0.313 e. The van der Waals surface area contributed by atoms with Gasteiger partial charge in [0.05, 0.1) is 9.95 Å². The molecule has 0 aliphatic heterocycles. The summed E-state index contributed by atoms with van der Waals surface area (Å²) in [6.07, 6.45) is 0. The van der Waals surface area contributed by atoms with Gasteiger partial charge < -0.3 is 5.32 Å². The topological polar surface area (TPSA) is 55.2 Å². The van der Waals surface area contributed by atoms with E-state index in [1.165, 1.54) is 23.9 Å². The smallest absolute Gasteiger partial charge is 0.269 e. The Labute approximate surface area is 132 Å². The molecule has 1 N–H and O–H groups in total. The van der Waals surface area contributed by atoms with Gasteiger partial charge in [0, 0.05) is 28.5 Å². The molecule has 0 saturated heterocycles. The summed E-state index contributed by atoms with van der Waals surface area (Å²) in [7, 11) is 0. The molecule has 0 amide bonds. The molecule has 0 unspecified atom stereocenters. The molecule has 6 heteroatoms. The highest BCUT2D eigenvalue weighted by molar-refractivity contribution is 7.99. The van der Waals surface area contributed by atoms with Crippen molar-refractivity contribution < 1.29 is 4.92 Å². The van der Waals surface area contributed by atoms with E-state index in [9.17, 15) is 10.1 Å². The lowest BCUT2D eigenvalue weighted by molar-refractivity contribution is -0.384. The SMILES string of the molecule is CCNCc1cccc(Cl)c1Sc1ccc([N+](=O)[O-])cc1. The lowest BCUT2D eigenvalue weighted by Gasteiger charge is -2.11. The van der Waals surface area contributed by atoms with Crippen LogP contribution in [0, 0.1) is 10.1 Å². The summed E-state index contributed by atoms with van der Waals surface area (Å²) in [5.41, 5.74) is 1.21. The first-order valence-electron chi connectivity index (χ1n) is 6.52. The Kier molecular flexibility index (Phi) is 5.61. The molecule has 0 aliphatic carbocycles. The summed E-state index contributed by atoms with van der Waals surface area (Å²) in [4.78, 5) is 12.2. The first-order valence-corrected chi connectivity index (χ1v) is 7.71. The fraction of sp³-hybridized carbons (Fsp3) is 0.200. The van der Waals surface area contributed by atoms with Crippen molar-refractivity contribution in [3.05, 3.63) is 63.2 Å². The van der Waals surface area contributed by atoms with Crippen molar-refractivity contribution in [1.29, 1.82) is 0 Å². The molecule has 2 aromatic rings. The lowest BCUT2D eigenvalue weighted by Crippen LogP contribution is -2.12. The molecule has 4 nitrogen and oxygen atoms in total. The maximum Gasteiger partial charge on any atom is 0.269 e. The van der Waals surface area contributed by atoms with Crippen LogP contribution in [0.1, 0.15) is 12.5 Å². The molecule has 2 aromatic carbocycles. The highest BCUT2D eigenvalue weighted by Gasteiger charge is 2.10. The summed E-state index contributed by atoms with van der Waals surface area (Å²) in [6, 6.07) is 12.3. The number of halogens is 1. The molecular weight excluding hydrogens is 308 g/mol. The molecule has 0 radical (unpaired) electrons. The van der Waals surface area contributed by atoms with E-state index in [0.29, 0.717) is 5.02 Å². The molecule has 0 saturated carbocycles. The number of benzene rings is 2. The summed E-state index contributed by atoms with van der Waals surface area (Å²) < 4.78 is 0. The van der Waals surface area contributed by atoms with Crippen molar-refractivity contribution in [3.63, 3.8) is 0 Å². The number of hydrogen-bond donors (Lipinski definition) is 1. The van der Waals surface area contributed by atoms with E-state index < -0.39 is 4.92 Å². The summed E-state index contributed by atoms with van der Waals surface area (Å²) >= 11 is 7.80. The second-order valence-corrected chi connectivity index (χ2v) is 5.85. The maximum absolute atomic E-state index is 10.7. The van der Waals surface area contributed by atoms with Crippen LogP contribution in [0.25, 0.3) is 0 Å². The molecule has 2 rings (SSSR count). The van der Waals surface area contributed by atoms with Gasteiger partial charge in [0.1, 0.15) is 0 Å². The Bertz CT molecular complexity index is 632. The Morgan fingerprint density at radius 2 is 1.95 bits per heavy atom. The van der Waals surface area contributed by atoms with E-state index in [1.807, 2.05) is 25.1 Å². The van der Waals surface area contributed by atoms with Crippen LogP contribution in [-0.2, 0) is 6.54 Å². The fourth-order valence-corrected chi connectivity index (χ4v) is 3.07. The fourth-order valence-electron chi connectivity index (χ4n) is 1.82. The molecular formula is C15H15ClN2O2S. The normalized spacial score (nSPS) is 10.6. The van der Waals surface area contributed by atoms with E-state index in [2.05, 4.69) is 5.32 Å². The summed E-state index contributed by atoms with van der Waals surface area (Å²) in [5.74, 6) is 0. The van der Waals surface area contributed by atoms with Crippen LogP contribution in [-0.4, -0.2) is 11.5 Å². The van der Waals surface area contributed by atoms with Gasteiger partial charge in [-0.15, -0.1) is 0 Å². The second kappa shape index (κ2) is 7.45. The van der Waals surface area contributed by atoms with Crippen molar-refractivity contribution in [3.8, 4) is 0 Å². The number of hydrogen-bond acceptors (Lipinski definition) is 4. The zero-order valence-corrected chi connectivity index (χ0v) is 13.1. The molecule has 0 bridgehead atoms. The van der Waals surface area contributed by atoms with Gasteiger partial charge in [0.2, 0.25) is 0 Å². The number of rotatable bonds is 6. The van der Waals surface area contributed by atoms with Crippen molar-refractivity contribution in [2.24, 2.45) is 0 Å². The van der Waals surface area contributed by atoms with Crippen LogP contribution in [0.2, 0.25) is 5.02 Å². The Hall–Kier alpha value is -1.56. The number of nitrogens with one attached hydrogen (secondary N) is 1. The van der Waals surface area contributed by atoms with Gasteiger partial charge in [0.25, 0.3) is 5.69 Å². The molecule has 0 aliphatic rings. The first kappa shape index (κ1) is 15.8. The van der Waals surface area contributed by atoms with E-state index >= 15 is 0 Å². The Morgan fingerprint density at radius 3 is 2.57 bits per heavy atom. The standard InChI is InChI=1S/C15H15ClN2O2S/c1-2-17-10-11-4-3-5-14(16)15(11)21-13-8-6-12(7-9-13)18(19)20/h3-9,17H,2,10H2,1H3. The average Bonchev–Trinajstić information content (AvgIpc) is 2.48. The van der Waals surface area contributed by atoms with Crippen LogP contribution >= 0.6 is 23.4 Å². The van der Waals surface area contributed by atoms with Crippen molar-refractivity contribution in [1.82, 2.24) is 5.32 Å². The number of non-ortho nitro benzene ring substituents is 1. The highest BCUT2D eigenvalue weighted by Crippen LogP contribution is 2.36. The monoisotopic (exact) mass is 322 g/mol. The molecule has 0 aromatic heterocycles. The summed E-state index contributed by atoms with van der Waals surface area (Å²) in [5, 5.41) is 14.6. The average molecular weight is 323 g/mol. The third kappa shape index (κ3) is 4.20. The largest absolute Gasteiger partial charge is 0.313 e. The second-order valence-electron chi connectivity index (χ2n) is 4.36. The van der Waals surface area contributed by atoms with Crippen LogP contribution in [0.5, 0.6) is 0 Å². The van der Waals surface area contributed by atoms with E-state index in [4.69, 9.17) is 11.6 Å².